The first kappa shape index (κ1) is 17.0. The Labute approximate surface area is 147 Å². The summed E-state index contributed by atoms with van der Waals surface area (Å²) in [6.45, 7) is 2.43. The van der Waals surface area contributed by atoms with Gasteiger partial charge in [-0.3, -0.25) is 9.48 Å². The Kier molecular flexibility index (Phi) is 4.97. The lowest BCUT2D eigenvalue weighted by Crippen LogP contribution is -2.27. The standard InChI is InChI=1S/C19H22N4O2/c1-14-12-18(25-21-14)19(24)22(2)11-7-10-16-13-17(23(3)20-16)15-8-5-4-6-9-15/h4-6,8-9,12-13H,7,10-11H2,1-3H3. The maximum Gasteiger partial charge on any atom is 0.292 e. The van der Waals surface area contributed by atoms with Crippen molar-refractivity contribution in [3.8, 4) is 11.3 Å². The third-order valence-corrected chi connectivity index (χ3v) is 4.11. The Balaban J connectivity index is 1.56. The molecule has 130 valence electrons. The number of nitrogens with zero attached hydrogens (tertiary/aromatic N) is 4. The Morgan fingerprint density at radius 3 is 2.68 bits per heavy atom. The van der Waals surface area contributed by atoms with E-state index in [2.05, 4.69) is 28.5 Å². The maximum absolute atomic E-state index is 12.2. The number of carbonyl (C=O) groups excluding carboxylic acids is 1. The number of carbonyl (C=O) groups is 1. The van der Waals surface area contributed by atoms with Crippen molar-refractivity contribution < 1.29 is 9.32 Å². The quantitative estimate of drug-likeness (QED) is 0.693. The molecule has 3 aromatic rings. The number of hydrogen-bond donors (Lipinski definition) is 0. The van der Waals surface area contributed by atoms with E-state index < -0.39 is 0 Å². The van der Waals surface area contributed by atoms with Gasteiger partial charge in [0.25, 0.3) is 5.91 Å². The van der Waals surface area contributed by atoms with Crippen LogP contribution in [0, 0.1) is 6.92 Å². The van der Waals surface area contributed by atoms with Crippen LogP contribution in [0.1, 0.15) is 28.4 Å². The van der Waals surface area contributed by atoms with Crippen LogP contribution < -0.4 is 0 Å². The highest BCUT2D eigenvalue weighted by Gasteiger charge is 2.16. The van der Waals surface area contributed by atoms with Gasteiger partial charge in [0.15, 0.2) is 0 Å². The molecule has 25 heavy (non-hydrogen) atoms. The van der Waals surface area contributed by atoms with Gasteiger partial charge < -0.3 is 9.42 Å². The van der Waals surface area contributed by atoms with E-state index in [1.807, 2.05) is 29.9 Å². The number of benzene rings is 1. The molecule has 0 fully saturated rings. The molecule has 2 heterocycles. The van der Waals surface area contributed by atoms with Gasteiger partial charge >= 0.3 is 0 Å². The Morgan fingerprint density at radius 2 is 2.00 bits per heavy atom. The van der Waals surface area contributed by atoms with Crippen molar-refractivity contribution in [1.82, 2.24) is 19.8 Å². The van der Waals surface area contributed by atoms with Crippen LogP contribution in [0.3, 0.4) is 0 Å². The Morgan fingerprint density at radius 1 is 1.24 bits per heavy atom. The van der Waals surface area contributed by atoms with E-state index in [4.69, 9.17) is 4.52 Å². The van der Waals surface area contributed by atoms with Crippen LogP contribution in [0.25, 0.3) is 11.3 Å². The van der Waals surface area contributed by atoms with Crippen molar-refractivity contribution in [2.45, 2.75) is 19.8 Å². The predicted octanol–water partition coefficient (Wildman–Crippen LogP) is 3.09. The molecule has 0 atom stereocenters. The molecular formula is C19H22N4O2. The normalized spacial score (nSPS) is 10.8. The lowest BCUT2D eigenvalue weighted by Gasteiger charge is -2.14. The lowest BCUT2D eigenvalue weighted by molar-refractivity contribution is 0.0752. The molecule has 2 aromatic heterocycles. The zero-order valence-corrected chi connectivity index (χ0v) is 14.8. The summed E-state index contributed by atoms with van der Waals surface area (Å²) < 4.78 is 6.92. The summed E-state index contributed by atoms with van der Waals surface area (Å²) >= 11 is 0. The second-order valence-corrected chi connectivity index (χ2v) is 6.17. The van der Waals surface area contributed by atoms with E-state index in [0.29, 0.717) is 12.2 Å². The minimum atomic E-state index is -0.147. The van der Waals surface area contributed by atoms with E-state index >= 15 is 0 Å². The number of amides is 1. The molecule has 1 aromatic carbocycles. The largest absolute Gasteiger partial charge is 0.351 e. The molecule has 1 amide bonds. The van der Waals surface area contributed by atoms with Gasteiger partial charge in [0.05, 0.1) is 17.1 Å². The molecule has 0 unspecified atom stereocenters. The molecule has 0 saturated carbocycles. The topological polar surface area (TPSA) is 64.2 Å². The molecule has 6 nitrogen and oxygen atoms in total. The summed E-state index contributed by atoms with van der Waals surface area (Å²) in [6, 6.07) is 14.0. The second-order valence-electron chi connectivity index (χ2n) is 6.17. The van der Waals surface area contributed by atoms with E-state index in [1.165, 1.54) is 0 Å². The average Bonchev–Trinajstić information content (AvgIpc) is 3.20. The summed E-state index contributed by atoms with van der Waals surface area (Å²) in [5.41, 5.74) is 3.98. The fraction of sp³-hybridized carbons (Fsp3) is 0.316. The van der Waals surface area contributed by atoms with E-state index in [-0.39, 0.29) is 11.7 Å². The molecule has 0 aliphatic heterocycles. The minimum absolute atomic E-state index is 0.147. The predicted molar refractivity (Wildman–Crippen MR) is 95.2 cm³/mol. The molecule has 3 rings (SSSR count). The first-order chi connectivity index (χ1) is 12.0. The summed E-state index contributed by atoms with van der Waals surface area (Å²) in [7, 11) is 3.72. The van der Waals surface area contributed by atoms with Gasteiger partial charge in [-0.25, -0.2) is 0 Å². The molecule has 0 radical (unpaired) electrons. The van der Waals surface area contributed by atoms with E-state index in [9.17, 15) is 4.79 Å². The smallest absolute Gasteiger partial charge is 0.292 e. The van der Waals surface area contributed by atoms with Crippen LogP contribution in [-0.4, -0.2) is 39.3 Å². The molecule has 0 saturated heterocycles. The van der Waals surface area contributed by atoms with Gasteiger partial charge in [0, 0.05) is 26.7 Å². The van der Waals surface area contributed by atoms with E-state index in [0.717, 1.165) is 29.8 Å². The zero-order valence-electron chi connectivity index (χ0n) is 14.8. The number of aryl methyl sites for hydroxylation is 3. The molecule has 0 N–H and O–H groups in total. The maximum atomic E-state index is 12.2. The van der Waals surface area contributed by atoms with Crippen molar-refractivity contribution in [1.29, 1.82) is 0 Å². The highest BCUT2D eigenvalue weighted by atomic mass is 16.5. The van der Waals surface area contributed by atoms with Crippen molar-refractivity contribution in [3.63, 3.8) is 0 Å². The Bertz CT molecular complexity index is 851. The first-order valence-electron chi connectivity index (χ1n) is 8.31. The molecule has 0 spiro atoms. The lowest BCUT2D eigenvalue weighted by atomic mass is 10.1. The first-order valence-corrected chi connectivity index (χ1v) is 8.31. The van der Waals surface area contributed by atoms with Gasteiger partial charge in [-0.2, -0.15) is 5.10 Å². The monoisotopic (exact) mass is 338 g/mol. The van der Waals surface area contributed by atoms with Gasteiger partial charge in [-0.05, 0) is 31.4 Å². The summed E-state index contributed by atoms with van der Waals surface area (Å²) in [5.74, 6) is 0.135. The van der Waals surface area contributed by atoms with Crippen LogP contribution in [0.5, 0.6) is 0 Å². The fourth-order valence-corrected chi connectivity index (χ4v) is 2.78. The molecule has 6 heteroatoms. The SMILES string of the molecule is Cc1cc(C(=O)N(C)CCCc2cc(-c3ccccc3)n(C)n2)on1. The third-order valence-electron chi connectivity index (χ3n) is 4.11. The number of rotatable bonds is 6. The van der Waals surface area contributed by atoms with Gasteiger partial charge in [-0.1, -0.05) is 35.5 Å². The summed E-state index contributed by atoms with van der Waals surface area (Å²) in [5, 5.41) is 8.33. The number of hydrogen-bond acceptors (Lipinski definition) is 4. The minimum Gasteiger partial charge on any atom is -0.351 e. The van der Waals surface area contributed by atoms with Crippen molar-refractivity contribution in [2.75, 3.05) is 13.6 Å². The van der Waals surface area contributed by atoms with Crippen LogP contribution >= 0.6 is 0 Å². The zero-order chi connectivity index (χ0) is 17.8. The highest BCUT2D eigenvalue weighted by molar-refractivity contribution is 5.91. The summed E-state index contributed by atoms with van der Waals surface area (Å²) in [6.07, 6.45) is 1.65. The van der Waals surface area contributed by atoms with Crippen LogP contribution in [0.2, 0.25) is 0 Å². The molecule has 0 aliphatic carbocycles. The van der Waals surface area contributed by atoms with Crippen molar-refractivity contribution in [3.05, 3.63) is 59.6 Å². The number of aromatic nitrogens is 3. The van der Waals surface area contributed by atoms with Gasteiger partial charge in [-0.15, -0.1) is 0 Å². The fourth-order valence-electron chi connectivity index (χ4n) is 2.78. The van der Waals surface area contributed by atoms with Gasteiger partial charge in [0.1, 0.15) is 0 Å². The molecule has 0 bridgehead atoms. The third kappa shape index (κ3) is 3.96. The Hall–Kier alpha value is -2.89. The van der Waals surface area contributed by atoms with Crippen LogP contribution in [0.15, 0.2) is 47.0 Å². The van der Waals surface area contributed by atoms with Crippen LogP contribution in [0.4, 0.5) is 0 Å². The second kappa shape index (κ2) is 7.34. The van der Waals surface area contributed by atoms with Gasteiger partial charge in [0.2, 0.25) is 5.76 Å². The average molecular weight is 338 g/mol. The molecular weight excluding hydrogens is 316 g/mol. The summed E-state index contributed by atoms with van der Waals surface area (Å²) in [4.78, 5) is 13.9. The van der Waals surface area contributed by atoms with Crippen molar-refractivity contribution in [2.24, 2.45) is 7.05 Å². The van der Waals surface area contributed by atoms with Crippen molar-refractivity contribution >= 4 is 5.91 Å². The van der Waals surface area contributed by atoms with E-state index in [1.54, 1.807) is 24.9 Å². The van der Waals surface area contributed by atoms with Crippen LogP contribution in [-0.2, 0) is 13.5 Å². The molecule has 0 aliphatic rings. The highest BCUT2D eigenvalue weighted by Crippen LogP contribution is 2.20.